The lowest BCUT2D eigenvalue weighted by atomic mass is 10.3. The Kier molecular flexibility index (Phi) is 2.58. The normalized spacial score (nSPS) is 10.7. The highest BCUT2D eigenvalue weighted by atomic mass is 32.1. The van der Waals surface area contributed by atoms with Gasteiger partial charge < -0.3 is 0 Å². The molecule has 0 atom stereocenters. The van der Waals surface area contributed by atoms with Crippen LogP contribution in [-0.2, 0) is 13.0 Å². The van der Waals surface area contributed by atoms with Crippen molar-refractivity contribution in [1.82, 2.24) is 20.2 Å². The number of aromatic nitrogens is 4. The van der Waals surface area contributed by atoms with E-state index in [4.69, 9.17) is 0 Å². The maximum atomic E-state index is 4.23. The van der Waals surface area contributed by atoms with Crippen LogP contribution in [0.5, 0.6) is 0 Å². The van der Waals surface area contributed by atoms with Gasteiger partial charge >= 0.3 is 0 Å². The summed E-state index contributed by atoms with van der Waals surface area (Å²) in [5.41, 5.74) is 0. The number of hydrogen-bond acceptors (Lipinski definition) is 4. The summed E-state index contributed by atoms with van der Waals surface area (Å²) < 4.78 is 0. The molecule has 0 unspecified atom stereocenters. The summed E-state index contributed by atoms with van der Waals surface area (Å²) in [6, 6.07) is 4.23. The molecule has 0 aliphatic rings. The van der Waals surface area contributed by atoms with E-state index in [9.17, 15) is 0 Å². The van der Waals surface area contributed by atoms with E-state index in [0.29, 0.717) is 0 Å². The van der Waals surface area contributed by atoms with Gasteiger partial charge in [-0.15, -0.1) is 21.5 Å². The van der Waals surface area contributed by atoms with Crippen LogP contribution in [0.4, 0.5) is 0 Å². The quantitative estimate of drug-likeness (QED) is 0.770. The number of hydrogen-bond donors (Lipinski definition) is 0. The second-order valence-corrected chi connectivity index (χ2v) is 4.46. The van der Waals surface area contributed by atoms with Crippen molar-refractivity contribution >= 4 is 11.3 Å². The zero-order valence-corrected chi connectivity index (χ0v) is 9.08. The van der Waals surface area contributed by atoms with E-state index in [0.717, 1.165) is 18.8 Å². The second kappa shape index (κ2) is 3.88. The third kappa shape index (κ3) is 1.98. The molecular weight excluding hydrogens is 196 g/mol. The topological polar surface area (TPSA) is 43.6 Å². The van der Waals surface area contributed by atoms with Gasteiger partial charge in [-0.25, -0.2) is 0 Å². The predicted octanol–water partition coefficient (Wildman–Crippen LogP) is 1.65. The third-order valence-electron chi connectivity index (χ3n) is 1.91. The number of thiophene rings is 1. The van der Waals surface area contributed by atoms with E-state index in [1.54, 1.807) is 16.1 Å². The van der Waals surface area contributed by atoms with Crippen molar-refractivity contribution in [3.05, 3.63) is 27.7 Å². The highest BCUT2D eigenvalue weighted by Gasteiger charge is 2.04. The monoisotopic (exact) mass is 208 g/mol. The van der Waals surface area contributed by atoms with E-state index in [1.807, 2.05) is 6.92 Å². The lowest BCUT2D eigenvalue weighted by Crippen LogP contribution is -1.99. The van der Waals surface area contributed by atoms with Crippen molar-refractivity contribution in [2.24, 2.45) is 0 Å². The molecule has 14 heavy (non-hydrogen) atoms. The molecule has 4 nitrogen and oxygen atoms in total. The van der Waals surface area contributed by atoms with Crippen molar-refractivity contribution in [3.63, 3.8) is 0 Å². The van der Waals surface area contributed by atoms with Crippen LogP contribution in [-0.4, -0.2) is 20.2 Å². The smallest absolute Gasteiger partial charge is 0.164 e. The third-order valence-corrected chi connectivity index (χ3v) is 2.91. The molecule has 2 aromatic heterocycles. The van der Waals surface area contributed by atoms with E-state index >= 15 is 0 Å². The SMILES string of the molecule is CCn1nnc(Cc2ccc(C)s2)n1. The van der Waals surface area contributed by atoms with Crippen molar-refractivity contribution in [3.8, 4) is 0 Å². The fourth-order valence-electron chi connectivity index (χ4n) is 1.22. The Morgan fingerprint density at radius 2 is 2.29 bits per heavy atom. The summed E-state index contributed by atoms with van der Waals surface area (Å²) in [6.45, 7) is 4.88. The summed E-state index contributed by atoms with van der Waals surface area (Å²) >= 11 is 1.78. The van der Waals surface area contributed by atoms with Gasteiger partial charge in [0.15, 0.2) is 5.82 Å². The summed E-state index contributed by atoms with van der Waals surface area (Å²) in [7, 11) is 0. The summed E-state index contributed by atoms with van der Waals surface area (Å²) in [5, 5.41) is 12.1. The van der Waals surface area contributed by atoms with Crippen molar-refractivity contribution in [1.29, 1.82) is 0 Å². The average Bonchev–Trinajstić information content (AvgIpc) is 2.76. The minimum atomic E-state index is 0.774. The first-order valence-corrected chi connectivity index (χ1v) is 5.41. The number of aryl methyl sites for hydroxylation is 2. The van der Waals surface area contributed by atoms with Gasteiger partial charge in [0.2, 0.25) is 0 Å². The number of tetrazole rings is 1. The van der Waals surface area contributed by atoms with Crippen LogP contribution in [0.3, 0.4) is 0 Å². The predicted molar refractivity (Wildman–Crippen MR) is 55.4 cm³/mol. The number of nitrogens with zero attached hydrogens (tertiary/aromatic N) is 4. The molecular formula is C9H12N4S. The van der Waals surface area contributed by atoms with Crippen molar-refractivity contribution in [2.75, 3.05) is 0 Å². The molecule has 0 aromatic carbocycles. The molecule has 0 amide bonds. The largest absolute Gasteiger partial charge is 0.179 e. The minimum Gasteiger partial charge on any atom is -0.164 e. The Labute approximate surface area is 86.6 Å². The molecule has 0 N–H and O–H groups in total. The van der Waals surface area contributed by atoms with Crippen LogP contribution in [0.1, 0.15) is 22.5 Å². The molecule has 0 aliphatic carbocycles. The molecule has 0 saturated carbocycles. The van der Waals surface area contributed by atoms with Gasteiger partial charge in [-0.1, -0.05) is 0 Å². The Hall–Kier alpha value is -1.23. The first kappa shape index (κ1) is 9.33. The minimum absolute atomic E-state index is 0.774. The van der Waals surface area contributed by atoms with E-state index in [1.165, 1.54) is 9.75 Å². The van der Waals surface area contributed by atoms with E-state index in [-0.39, 0.29) is 0 Å². The molecule has 0 saturated heterocycles. The Morgan fingerprint density at radius 3 is 2.86 bits per heavy atom. The van der Waals surface area contributed by atoms with Gasteiger partial charge in [0.25, 0.3) is 0 Å². The first-order valence-electron chi connectivity index (χ1n) is 4.60. The summed E-state index contributed by atoms with van der Waals surface area (Å²) in [4.78, 5) is 4.22. The molecule has 5 heteroatoms. The van der Waals surface area contributed by atoms with Gasteiger partial charge in [0.05, 0.1) is 6.54 Å². The molecule has 0 fully saturated rings. The molecule has 0 bridgehead atoms. The number of rotatable bonds is 3. The standard InChI is InChI=1S/C9H12N4S/c1-3-13-11-9(10-12-13)6-8-5-4-7(2)14-8/h4-5H,3,6H2,1-2H3. The van der Waals surface area contributed by atoms with Gasteiger partial charge in [-0.3, -0.25) is 0 Å². The van der Waals surface area contributed by atoms with E-state index < -0.39 is 0 Å². The van der Waals surface area contributed by atoms with E-state index in [2.05, 4.69) is 34.5 Å². The lowest BCUT2D eigenvalue weighted by Gasteiger charge is -1.89. The van der Waals surface area contributed by atoms with Crippen LogP contribution in [0.25, 0.3) is 0 Å². The van der Waals surface area contributed by atoms with Crippen LogP contribution >= 0.6 is 11.3 Å². The first-order chi connectivity index (χ1) is 6.78. The maximum absolute atomic E-state index is 4.23. The molecule has 2 rings (SSSR count). The fraction of sp³-hybridized carbons (Fsp3) is 0.444. The van der Waals surface area contributed by atoms with Crippen LogP contribution in [0, 0.1) is 6.92 Å². The molecule has 2 aromatic rings. The van der Waals surface area contributed by atoms with Gasteiger partial charge in [0.1, 0.15) is 0 Å². The van der Waals surface area contributed by atoms with Crippen LogP contribution in [0.2, 0.25) is 0 Å². The Balaban J connectivity index is 2.10. The van der Waals surface area contributed by atoms with Gasteiger partial charge in [-0.2, -0.15) is 4.80 Å². The zero-order valence-electron chi connectivity index (χ0n) is 8.27. The summed E-state index contributed by atoms with van der Waals surface area (Å²) in [5.74, 6) is 0.800. The molecule has 0 spiro atoms. The Bertz CT molecular complexity index is 418. The molecule has 2 heterocycles. The fourth-order valence-corrected chi connectivity index (χ4v) is 2.10. The highest BCUT2D eigenvalue weighted by Crippen LogP contribution is 2.16. The van der Waals surface area contributed by atoms with Crippen molar-refractivity contribution in [2.45, 2.75) is 26.8 Å². The Morgan fingerprint density at radius 1 is 1.43 bits per heavy atom. The van der Waals surface area contributed by atoms with Crippen molar-refractivity contribution < 1.29 is 0 Å². The van der Waals surface area contributed by atoms with Crippen LogP contribution in [0.15, 0.2) is 12.1 Å². The van der Waals surface area contributed by atoms with Gasteiger partial charge in [-0.05, 0) is 31.2 Å². The lowest BCUT2D eigenvalue weighted by molar-refractivity contribution is 0.551. The average molecular weight is 208 g/mol. The molecule has 0 radical (unpaired) electrons. The zero-order chi connectivity index (χ0) is 9.97. The highest BCUT2D eigenvalue weighted by molar-refractivity contribution is 7.11. The van der Waals surface area contributed by atoms with Gasteiger partial charge in [0, 0.05) is 16.2 Å². The maximum Gasteiger partial charge on any atom is 0.179 e. The molecule has 74 valence electrons. The second-order valence-electron chi connectivity index (χ2n) is 3.08. The summed E-state index contributed by atoms with van der Waals surface area (Å²) in [6.07, 6.45) is 0.790. The molecule has 0 aliphatic heterocycles. The van der Waals surface area contributed by atoms with Crippen LogP contribution < -0.4 is 0 Å².